The molecule has 0 saturated carbocycles. The van der Waals surface area contributed by atoms with Crippen molar-refractivity contribution in [1.82, 2.24) is 5.32 Å². The summed E-state index contributed by atoms with van der Waals surface area (Å²) in [5, 5.41) is 7.03. The number of amides is 1. The maximum absolute atomic E-state index is 12.4. The van der Waals surface area contributed by atoms with E-state index in [0.717, 1.165) is 22.6 Å². The van der Waals surface area contributed by atoms with Crippen LogP contribution in [0.25, 0.3) is 0 Å². The zero-order chi connectivity index (χ0) is 16.9. The van der Waals surface area contributed by atoms with Crippen LogP contribution in [0.4, 0.5) is 0 Å². The second kappa shape index (κ2) is 7.17. The van der Waals surface area contributed by atoms with Gasteiger partial charge in [-0.05, 0) is 42.3 Å². The standard InChI is InChI=1S/C19H20N2O3/c1-13(14-6-4-3-5-7-14)20-19(22)18-12-17(21-24-18)15-8-10-16(23-2)11-9-15/h3-11,13,18H,12H2,1-2H3,(H,20,22)/t13-,18+/m0/s1. The molecule has 0 fully saturated rings. The molecule has 0 radical (unpaired) electrons. The van der Waals surface area contributed by atoms with Crippen molar-refractivity contribution >= 4 is 11.6 Å². The molecule has 1 amide bonds. The molecular weight excluding hydrogens is 304 g/mol. The maximum atomic E-state index is 12.4. The Labute approximate surface area is 141 Å². The van der Waals surface area contributed by atoms with Gasteiger partial charge in [-0.3, -0.25) is 4.79 Å². The predicted molar refractivity (Wildman–Crippen MR) is 92.0 cm³/mol. The lowest BCUT2D eigenvalue weighted by Crippen LogP contribution is -2.36. The average molecular weight is 324 g/mol. The van der Waals surface area contributed by atoms with Crippen LogP contribution in [0, 0.1) is 0 Å². The van der Waals surface area contributed by atoms with E-state index in [2.05, 4.69) is 10.5 Å². The van der Waals surface area contributed by atoms with E-state index in [9.17, 15) is 4.79 Å². The highest BCUT2D eigenvalue weighted by Gasteiger charge is 2.29. The average Bonchev–Trinajstić information content (AvgIpc) is 3.13. The number of carbonyl (C=O) groups excluding carboxylic acids is 1. The number of hydrogen-bond donors (Lipinski definition) is 1. The maximum Gasteiger partial charge on any atom is 0.264 e. The highest BCUT2D eigenvalue weighted by atomic mass is 16.6. The molecule has 0 bridgehead atoms. The van der Waals surface area contributed by atoms with E-state index in [4.69, 9.17) is 9.57 Å². The van der Waals surface area contributed by atoms with E-state index < -0.39 is 6.10 Å². The monoisotopic (exact) mass is 324 g/mol. The van der Waals surface area contributed by atoms with Crippen LogP contribution in [0.2, 0.25) is 0 Å². The Hall–Kier alpha value is -2.82. The molecule has 0 aliphatic carbocycles. The van der Waals surface area contributed by atoms with Crippen LogP contribution in [0.15, 0.2) is 59.8 Å². The lowest BCUT2D eigenvalue weighted by atomic mass is 10.0. The molecule has 3 rings (SSSR count). The molecule has 1 N–H and O–H groups in total. The van der Waals surface area contributed by atoms with E-state index in [1.165, 1.54) is 0 Å². The molecule has 124 valence electrons. The normalized spacial score (nSPS) is 17.6. The first kappa shape index (κ1) is 16.1. The van der Waals surface area contributed by atoms with Crippen molar-refractivity contribution in [2.45, 2.75) is 25.5 Å². The van der Waals surface area contributed by atoms with Crippen LogP contribution in [0.3, 0.4) is 0 Å². The largest absolute Gasteiger partial charge is 0.497 e. The van der Waals surface area contributed by atoms with E-state index in [0.29, 0.717) is 6.42 Å². The summed E-state index contributed by atoms with van der Waals surface area (Å²) in [5.74, 6) is 0.628. The fourth-order valence-electron chi connectivity index (χ4n) is 2.60. The third-order valence-electron chi connectivity index (χ3n) is 4.04. The van der Waals surface area contributed by atoms with Crippen molar-refractivity contribution in [2.24, 2.45) is 5.16 Å². The molecule has 2 aromatic carbocycles. The fourth-order valence-corrected chi connectivity index (χ4v) is 2.60. The van der Waals surface area contributed by atoms with Gasteiger partial charge < -0.3 is 14.9 Å². The highest BCUT2D eigenvalue weighted by Crippen LogP contribution is 2.20. The second-order valence-electron chi connectivity index (χ2n) is 5.71. The first-order valence-electron chi connectivity index (χ1n) is 7.90. The number of oxime groups is 1. The number of hydrogen-bond acceptors (Lipinski definition) is 4. The molecule has 2 atom stereocenters. The predicted octanol–water partition coefficient (Wildman–Crippen LogP) is 3.07. The third-order valence-corrected chi connectivity index (χ3v) is 4.04. The summed E-state index contributed by atoms with van der Waals surface area (Å²) in [5.41, 5.74) is 2.76. The van der Waals surface area contributed by atoms with Gasteiger partial charge in [0.25, 0.3) is 5.91 Å². The van der Waals surface area contributed by atoms with Crippen molar-refractivity contribution in [2.75, 3.05) is 7.11 Å². The molecule has 0 saturated heterocycles. The van der Waals surface area contributed by atoms with Gasteiger partial charge in [0.2, 0.25) is 6.10 Å². The van der Waals surface area contributed by atoms with Gasteiger partial charge in [0.15, 0.2) is 0 Å². The molecule has 1 heterocycles. The van der Waals surface area contributed by atoms with E-state index in [1.807, 2.05) is 61.5 Å². The molecule has 0 aromatic heterocycles. The van der Waals surface area contributed by atoms with Crippen molar-refractivity contribution in [3.63, 3.8) is 0 Å². The molecule has 1 aliphatic heterocycles. The molecule has 5 heteroatoms. The van der Waals surface area contributed by atoms with Gasteiger partial charge in [-0.1, -0.05) is 35.5 Å². The Bertz CT molecular complexity index is 726. The number of methoxy groups -OCH3 is 1. The van der Waals surface area contributed by atoms with Gasteiger partial charge in [0, 0.05) is 6.42 Å². The van der Waals surface area contributed by atoms with Crippen LogP contribution >= 0.6 is 0 Å². The Morgan fingerprint density at radius 2 is 1.92 bits per heavy atom. The fraction of sp³-hybridized carbons (Fsp3) is 0.263. The van der Waals surface area contributed by atoms with Gasteiger partial charge in [0.05, 0.1) is 18.9 Å². The minimum atomic E-state index is -0.590. The molecule has 2 aromatic rings. The van der Waals surface area contributed by atoms with Crippen molar-refractivity contribution in [3.05, 3.63) is 65.7 Å². The second-order valence-corrected chi connectivity index (χ2v) is 5.71. The highest BCUT2D eigenvalue weighted by molar-refractivity contribution is 6.04. The van der Waals surface area contributed by atoms with Gasteiger partial charge in [0.1, 0.15) is 5.75 Å². The number of benzene rings is 2. The first-order chi connectivity index (χ1) is 11.7. The van der Waals surface area contributed by atoms with E-state index >= 15 is 0 Å². The van der Waals surface area contributed by atoms with E-state index in [-0.39, 0.29) is 11.9 Å². The molecule has 24 heavy (non-hydrogen) atoms. The van der Waals surface area contributed by atoms with Crippen molar-refractivity contribution in [1.29, 1.82) is 0 Å². The summed E-state index contributed by atoms with van der Waals surface area (Å²) in [6.07, 6.45) is -0.132. The zero-order valence-corrected chi connectivity index (χ0v) is 13.7. The molecule has 0 unspecified atom stereocenters. The van der Waals surface area contributed by atoms with Crippen molar-refractivity contribution in [3.8, 4) is 5.75 Å². The van der Waals surface area contributed by atoms with E-state index in [1.54, 1.807) is 7.11 Å². The summed E-state index contributed by atoms with van der Waals surface area (Å²) in [6, 6.07) is 17.3. The number of nitrogens with zero attached hydrogens (tertiary/aromatic N) is 1. The summed E-state index contributed by atoms with van der Waals surface area (Å²) in [4.78, 5) is 17.7. The summed E-state index contributed by atoms with van der Waals surface area (Å²) < 4.78 is 5.14. The molecule has 5 nitrogen and oxygen atoms in total. The summed E-state index contributed by atoms with van der Waals surface area (Å²) in [6.45, 7) is 1.95. The number of carbonyl (C=O) groups is 1. The van der Waals surface area contributed by atoms with Crippen LogP contribution in [-0.4, -0.2) is 24.8 Å². The molecule has 1 aliphatic rings. The molecule has 0 spiro atoms. The molecular formula is C19H20N2O3. The van der Waals surface area contributed by atoms with Crippen molar-refractivity contribution < 1.29 is 14.4 Å². The minimum absolute atomic E-state index is 0.0765. The SMILES string of the molecule is COc1ccc(C2=NO[C@@H](C(=O)N[C@@H](C)c3ccccc3)C2)cc1. The Kier molecular flexibility index (Phi) is 4.79. The van der Waals surface area contributed by atoms with Crippen LogP contribution < -0.4 is 10.1 Å². The lowest BCUT2D eigenvalue weighted by molar-refractivity contribution is -0.131. The lowest BCUT2D eigenvalue weighted by Gasteiger charge is -2.16. The topological polar surface area (TPSA) is 59.9 Å². The zero-order valence-electron chi connectivity index (χ0n) is 13.7. The Balaban J connectivity index is 1.58. The number of nitrogens with one attached hydrogen (secondary N) is 1. The van der Waals surface area contributed by atoms with Crippen LogP contribution in [-0.2, 0) is 9.63 Å². The quantitative estimate of drug-likeness (QED) is 0.919. The Morgan fingerprint density at radius 3 is 2.58 bits per heavy atom. The smallest absolute Gasteiger partial charge is 0.264 e. The third kappa shape index (κ3) is 3.56. The summed E-state index contributed by atoms with van der Waals surface area (Å²) >= 11 is 0. The minimum Gasteiger partial charge on any atom is -0.497 e. The number of ether oxygens (including phenoxy) is 1. The van der Waals surface area contributed by atoms with Gasteiger partial charge >= 0.3 is 0 Å². The Morgan fingerprint density at radius 1 is 1.21 bits per heavy atom. The van der Waals surface area contributed by atoms with Gasteiger partial charge in [-0.2, -0.15) is 0 Å². The summed E-state index contributed by atoms with van der Waals surface area (Å²) in [7, 11) is 1.62. The first-order valence-corrected chi connectivity index (χ1v) is 7.90. The van der Waals surface area contributed by atoms with Crippen LogP contribution in [0.1, 0.15) is 30.5 Å². The van der Waals surface area contributed by atoms with Gasteiger partial charge in [-0.25, -0.2) is 0 Å². The number of rotatable bonds is 5. The van der Waals surface area contributed by atoms with Gasteiger partial charge in [-0.15, -0.1) is 0 Å². The van der Waals surface area contributed by atoms with Crippen LogP contribution in [0.5, 0.6) is 5.75 Å².